The molecular formula is C28H20ClNO3. The van der Waals surface area contributed by atoms with Crippen LogP contribution in [0.2, 0.25) is 5.02 Å². The van der Waals surface area contributed by atoms with Gasteiger partial charge in [0.1, 0.15) is 0 Å². The van der Waals surface area contributed by atoms with Crippen molar-refractivity contribution in [1.82, 2.24) is 4.90 Å². The SMILES string of the molecule is O=C(c1ccccc1)c1ccccc1CN1C(=O)c2ccccc2C1(O)c1ccc(Cl)cc1. The first-order valence-electron chi connectivity index (χ1n) is 10.6. The number of carbonyl (C=O) groups excluding carboxylic acids is 2. The largest absolute Gasteiger partial charge is 0.363 e. The van der Waals surface area contributed by atoms with Gasteiger partial charge in [-0.1, -0.05) is 96.5 Å². The van der Waals surface area contributed by atoms with Crippen LogP contribution in [0.15, 0.2) is 103 Å². The van der Waals surface area contributed by atoms with E-state index in [1.807, 2.05) is 30.3 Å². The Morgan fingerprint density at radius 1 is 0.818 bits per heavy atom. The van der Waals surface area contributed by atoms with Crippen molar-refractivity contribution in [3.8, 4) is 0 Å². The van der Waals surface area contributed by atoms with Gasteiger partial charge in [0, 0.05) is 32.8 Å². The molecule has 5 rings (SSSR count). The first kappa shape index (κ1) is 21.1. The number of amides is 1. The lowest BCUT2D eigenvalue weighted by atomic mass is 9.93. The summed E-state index contributed by atoms with van der Waals surface area (Å²) in [5.41, 5.74) is 1.48. The van der Waals surface area contributed by atoms with Crippen molar-refractivity contribution >= 4 is 23.3 Å². The molecule has 0 saturated carbocycles. The number of nitrogens with zero attached hydrogens (tertiary/aromatic N) is 1. The molecule has 4 aromatic rings. The maximum atomic E-state index is 13.5. The summed E-state index contributed by atoms with van der Waals surface area (Å²) >= 11 is 6.07. The molecule has 0 aromatic heterocycles. The zero-order valence-electron chi connectivity index (χ0n) is 17.6. The van der Waals surface area contributed by atoms with Crippen LogP contribution < -0.4 is 0 Å². The second-order valence-corrected chi connectivity index (χ2v) is 8.40. The third-order valence-corrected chi connectivity index (χ3v) is 6.29. The molecule has 4 nitrogen and oxygen atoms in total. The summed E-state index contributed by atoms with van der Waals surface area (Å²) in [6.07, 6.45) is 0. The minimum Gasteiger partial charge on any atom is -0.363 e. The quantitative estimate of drug-likeness (QED) is 0.410. The minimum atomic E-state index is -1.69. The topological polar surface area (TPSA) is 57.6 Å². The van der Waals surface area contributed by atoms with Crippen molar-refractivity contribution in [2.75, 3.05) is 0 Å². The summed E-state index contributed by atoms with van der Waals surface area (Å²) in [5, 5.41) is 12.6. The highest BCUT2D eigenvalue weighted by Crippen LogP contribution is 2.43. The third kappa shape index (κ3) is 3.54. The van der Waals surface area contributed by atoms with Gasteiger partial charge in [-0.25, -0.2) is 0 Å². The van der Waals surface area contributed by atoms with Crippen LogP contribution in [0.3, 0.4) is 0 Å². The van der Waals surface area contributed by atoms with Gasteiger partial charge in [0.05, 0.1) is 6.54 Å². The van der Waals surface area contributed by atoms with Crippen LogP contribution >= 0.6 is 11.6 Å². The number of fused-ring (bicyclic) bond motifs is 1. The van der Waals surface area contributed by atoms with Crippen LogP contribution in [0.4, 0.5) is 0 Å². The van der Waals surface area contributed by atoms with E-state index in [1.165, 1.54) is 4.90 Å². The van der Waals surface area contributed by atoms with Gasteiger partial charge in [-0.3, -0.25) is 14.5 Å². The average molecular weight is 454 g/mol. The molecule has 5 heteroatoms. The van der Waals surface area contributed by atoms with Crippen LogP contribution in [-0.2, 0) is 12.3 Å². The number of benzene rings is 4. The van der Waals surface area contributed by atoms with Crippen molar-refractivity contribution < 1.29 is 14.7 Å². The molecule has 0 radical (unpaired) electrons. The summed E-state index contributed by atoms with van der Waals surface area (Å²) in [4.78, 5) is 28.1. The molecule has 1 unspecified atom stereocenters. The standard InChI is InChI=1S/C28H20ClNO3/c29-22-16-14-21(15-17-22)28(33)25-13-7-6-12-24(25)27(32)30(28)18-20-10-4-5-11-23(20)26(31)19-8-2-1-3-9-19/h1-17,33H,18H2. The van der Waals surface area contributed by atoms with Crippen molar-refractivity contribution in [2.45, 2.75) is 12.3 Å². The molecule has 0 fully saturated rings. The Bertz CT molecular complexity index is 1350. The summed E-state index contributed by atoms with van der Waals surface area (Å²) in [6, 6.07) is 30.0. The number of rotatable bonds is 5. The molecule has 1 amide bonds. The van der Waals surface area contributed by atoms with Crippen molar-refractivity contribution in [3.63, 3.8) is 0 Å². The number of hydrogen-bond acceptors (Lipinski definition) is 3. The Morgan fingerprint density at radius 3 is 2.21 bits per heavy atom. The normalized spacial score (nSPS) is 17.2. The van der Waals surface area contributed by atoms with Crippen LogP contribution in [0.25, 0.3) is 0 Å². The minimum absolute atomic E-state index is 0.0569. The van der Waals surface area contributed by atoms with Crippen LogP contribution in [0.5, 0.6) is 0 Å². The summed E-state index contributed by atoms with van der Waals surface area (Å²) in [6.45, 7) is 0.0569. The summed E-state index contributed by atoms with van der Waals surface area (Å²) in [5.74, 6) is -0.435. The number of aliphatic hydroxyl groups is 1. The van der Waals surface area contributed by atoms with Gasteiger partial charge in [-0.15, -0.1) is 0 Å². The van der Waals surface area contributed by atoms with Gasteiger partial charge in [0.25, 0.3) is 5.91 Å². The van der Waals surface area contributed by atoms with Crippen LogP contribution in [-0.4, -0.2) is 21.7 Å². The molecule has 0 spiro atoms. The summed E-state index contributed by atoms with van der Waals surface area (Å²) in [7, 11) is 0. The van der Waals surface area contributed by atoms with E-state index >= 15 is 0 Å². The van der Waals surface area contributed by atoms with E-state index in [-0.39, 0.29) is 18.2 Å². The lowest BCUT2D eigenvalue weighted by Crippen LogP contribution is -2.44. The van der Waals surface area contributed by atoms with Gasteiger partial charge >= 0.3 is 0 Å². The van der Waals surface area contributed by atoms with E-state index in [1.54, 1.807) is 72.8 Å². The zero-order chi connectivity index (χ0) is 23.0. The molecule has 4 aromatic carbocycles. The maximum absolute atomic E-state index is 13.5. The van der Waals surface area contributed by atoms with Gasteiger partial charge in [-0.2, -0.15) is 0 Å². The lowest BCUT2D eigenvalue weighted by molar-refractivity contribution is -0.0543. The molecular weight excluding hydrogens is 434 g/mol. The highest BCUT2D eigenvalue weighted by Gasteiger charge is 2.49. The van der Waals surface area contributed by atoms with E-state index in [4.69, 9.17) is 11.6 Å². The number of ketones is 1. The number of carbonyl (C=O) groups is 2. The fourth-order valence-corrected chi connectivity index (χ4v) is 4.51. The van der Waals surface area contributed by atoms with Crippen molar-refractivity contribution in [3.05, 3.63) is 142 Å². The van der Waals surface area contributed by atoms with Crippen molar-refractivity contribution in [1.29, 1.82) is 0 Å². The molecule has 0 bridgehead atoms. The highest BCUT2D eigenvalue weighted by molar-refractivity contribution is 6.30. The van der Waals surface area contributed by atoms with E-state index < -0.39 is 5.72 Å². The van der Waals surface area contributed by atoms with Gasteiger partial charge in [0.2, 0.25) is 0 Å². The number of hydrogen-bond donors (Lipinski definition) is 1. The molecule has 0 aliphatic carbocycles. The molecule has 1 aliphatic rings. The maximum Gasteiger partial charge on any atom is 0.257 e. The predicted molar refractivity (Wildman–Crippen MR) is 127 cm³/mol. The summed E-state index contributed by atoms with van der Waals surface area (Å²) < 4.78 is 0. The fraction of sp³-hybridized carbons (Fsp3) is 0.0714. The molecule has 1 heterocycles. The second-order valence-electron chi connectivity index (χ2n) is 7.97. The second kappa shape index (κ2) is 8.32. The Labute approximate surface area is 196 Å². The molecule has 33 heavy (non-hydrogen) atoms. The lowest BCUT2D eigenvalue weighted by Gasteiger charge is -2.35. The van der Waals surface area contributed by atoms with Gasteiger partial charge in [-0.05, 0) is 23.8 Å². The molecule has 1 atom stereocenters. The Hall–Kier alpha value is -3.73. The van der Waals surface area contributed by atoms with Gasteiger partial charge < -0.3 is 5.11 Å². The fourth-order valence-electron chi connectivity index (χ4n) is 4.39. The van der Waals surface area contributed by atoms with Crippen molar-refractivity contribution in [2.24, 2.45) is 0 Å². The smallest absolute Gasteiger partial charge is 0.257 e. The molecule has 162 valence electrons. The van der Waals surface area contributed by atoms with Crippen LogP contribution in [0, 0.1) is 0 Å². The average Bonchev–Trinajstić information content (AvgIpc) is 3.08. The van der Waals surface area contributed by atoms with E-state index in [0.29, 0.717) is 38.4 Å². The molecule has 1 aliphatic heterocycles. The predicted octanol–water partition coefficient (Wildman–Crippen LogP) is 5.42. The Balaban J connectivity index is 1.61. The van der Waals surface area contributed by atoms with E-state index in [2.05, 4.69) is 0 Å². The highest BCUT2D eigenvalue weighted by atomic mass is 35.5. The Kier molecular flexibility index (Phi) is 5.33. The zero-order valence-corrected chi connectivity index (χ0v) is 18.4. The van der Waals surface area contributed by atoms with E-state index in [0.717, 1.165) is 0 Å². The first-order chi connectivity index (χ1) is 16.0. The first-order valence-corrected chi connectivity index (χ1v) is 11.0. The monoisotopic (exact) mass is 453 g/mol. The number of halogens is 1. The Morgan fingerprint density at radius 2 is 1.45 bits per heavy atom. The molecule has 0 saturated heterocycles. The third-order valence-electron chi connectivity index (χ3n) is 6.04. The van der Waals surface area contributed by atoms with Gasteiger partial charge in [0.15, 0.2) is 11.5 Å². The molecule has 1 N–H and O–H groups in total. The van der Waals surface area contributed by atoms with Crippen LogP contribution in [0.1, 0.15) is 43.0 Å². The van der Waals surface area contributed by atoms with E-state index in [9.17, 15) is 14.7 Å².